The van der Waals surface area contributed by atoms with Crippen molar-refractivity contribution < 1.29 is 13.2 Å². The molecule has 4 aromatic carbocycles. The van der Waals surface area contributed by atoms with Crippen molar-refractivity contribution in [1.82, 2.24) is 29.9 Å². The Morgan fingerprint density at radius 1 is 0.667 bits per heavy atom. The Kier molecular flexibility index (Phi) is 9.70. The number of anilines is 1. The van der Waals surface area contributed by atoms with Crippen LogP contribution in [0.5, 0.6) is 0 Å². The van der Waals surface area contributed by atoms with E-state index in [0.29, 0.717) is 72.1 Å². The number of hydrogen-bond donors (Lipinski definition) is 3. The smallest absolute Gasteiger partial charge is 0.182 e. The molecule has 0 saturated carbocycles. The molecule has 0 fully saturated rings. The highest BCUT2D eigenvalue weighted by molar-refractivity contribution is 6.35. The van der Waals surface area contributed by atoms with E-state index in [1.807, 2.05) is 24.3 Å². The minimum Gasteiger partial charge on any atom is -0.364 e. The first-order chi connectivity index (χ1) is 24.7. The molecule has 0 radical (unpaired) electrons. The van der Waals surface area contributed by atoms with E-state index in [9.17, 15) is 13.2 Å². The molecule has 0 amide bonds. The van der Waals surface area contributed by atoms with E-state index >= 15 is 0 Å². The fourth-order valence-corrected chi connectivity index (χ4v) is 6.26. The number of nitrogens with one attached hydrogen (secondary N) is 2. The summed E-state index contributed by atoms with van der Waals surface area (Å²) in [4.78, 5) is 24.7. The third-order valence-corrected chi connectivity index (χ3v) is 8.95. The molecular weight excluding hydrogens is 720 g/mol. The van der Waals surface area contributed by atoms with Gasteiger partial charge in [-0.15, -0.1) is 0 Å². The van der Waals surface area contributed by atoms with Crippen LogP contribution in [-0.2, 0) is 13.1 Å². The Balaban J connectivity index is 0.000000170. The topological polar surface area (TPSA) is 118 Å². The molecule has 51 heavy (non-hydrogen) atoms. The van der Waals surface area contributed by atoms with Crippen LogP contribution in [0.15, 0.2) is 97.6 Å². The van der Waals surface area contributed by atoms with Crippen LogP contribution in [0.2, 0.25) is 15.1 Å². The Bertz CT molecular complexity index is 2580. The van der Waals surface area contributed by atoms with Gasteiger partial charge >= 0.3 is 0 Å². The van der Waals surface area contributed by atoms with E-state index < -0.39 is 17.5 Å². The summed E-state index contributed by atoms with van der Waals surface area (Å²) in [6.45, 7) is 0.531. The molecule has 4 N–H and O–H groups in total. The number of imidazole rings is 1. The summed E-state index contributed by atoms with van der Waals surface area (Å²) >= 11 is 18.9. The number of benzene rings is 4. The fraction of sp³-hybridized carbons (Fsp3) is 0.0541. The van der Waals surface area contributed by atoms with Crippen LogP contribution in [0.4, 0.5) is 19.0 Å². The maximum Gasteiger partial charge on any atom is 0.182 e. The zero-order valence-corrected chi connectivity index (χ0v) is 28.5. The normalized spacial score (nSPS) is 11.2. The minimum atomic E-state index is -0.551. The van der Waals surface area contributed by atoms with Gasteiger partial charge < -0.3 is 16.0 Å². The maximum absolute atomic E-state index is 14.0. The predicted octanol–water partition coefficient (Wildman–Crippen LogP) is 9.92. The predicted molar refractivity (Wildman–Crippen MR) is 196 cm³/mol. The molecule has 8 aromatic rings. The van der Waals surface area contributed by atoms with Gasteiger partial charge in [0, 0.05) is 35.0 Å². The van der Waals surface area contributed by atoms with Gasteiger partial charge in [-0.05, 0) is 71.8 Å². The molecule has 0 spiro atoms. The van der Waals surface area contributed by atoms with Gasteiger partial charge in [0.25, 0.3) is 0 Å². The summed E-state index contributed by atoms with van der Waals surface area (Å²) in [6.07, 6.45) is 3.00. The van der Waals surface area contributed by atoms with Gasteiger partial charge in [-0.2, -0.15) is 0 Å². The van der Waals surface area contributed by atoms with Crippen LogP contribution >= 0.6 is 34.8 Å². The number of hydrogen-bond acceptors (Lipinski definition) is 7. The first kappa shape index (κ1) is 34.1. The summed E-state index contributed by atoms with van der Waals surface area (Å²) in [5.41, 5.74) is 11.0. The van der Waals surface area contributed by atoms with E-state index in [0.717, 1.165) is 34.5 Å². The Hall–Kier alpha value is -5.33. The van der Waals surface area contributed by atoms with Crippen LogP contribution in [0.1, 0.15) is 11.1 Å². The minimum absolute atomic E-state index is 0.0808. The van der Waals surface area contributed by atoms with Gasteiger partial charge in [0.05, 0.1) is 43.8 Å². The second-order valence-electron chi connectivity index (χ2n) is 11.2. The standard InChI is InChI=1S/C21H13Cl2FN6.C16H11ClF2N2/c22-15-5-4-13(24)7-14(15)17-12(6-11-2-1-3-16(23)18(11)30-17)8-25-20-19-21(27-9-26-19)29-10-28-20;17-13-3-1-2-9-6-10(8-20)15(21-16(9)13)12-7-11(18)4-5-14(12)19/h1-7,9-10H,8H2,(H2,25,26,27,28,29);1-7H,8,20H2. The third-order valence-electron chi connectivity index (χ3n) is 8.01. The zero-order chi connectivity index (χ0) is 35.6. The monoisotopic (exact) mass is 742 g/mol. The summed E-state index contributed by atoms with van der Waals surface area (Å²) < 4.78 is 41.4. The van der Waals surface area contributed by atoms with Gasteiger partial charge in [-0.3, -0.25) is 0 Å². The molecule has 8 nitrogen and oxygen atoms in total. The molecule has 8 rings (SSSR count). The number of pyridine rings is 2. The molecule has 0 bridgehead atoms. The Morgan fingerprint density at radius 3 is 1.98 bits per heavy atom. The molecule has 0 saturated heterocycles. The summed E-state index contributed by atoms with van der Waals surface area (Å²) in [6, 6.07) is 22.1. The summed E-state index contributed by atoms with van der Waals surface area (Å²) in [7, 11) is 0. The largest absolute Gasteiger partial charge is 0.364 e. The van der Waals surface area contributed by atoms with E-state index in [4.69, 9.17) is 45.5 Å². The van der Waals surface area contributed by atoms with Crippen molar-refractivity contribution in [3.05, 3.63) is 141 Å². The Morgan fingerprint density at radius 2 is 1.29 bits per heavy atom. The van der Waals surface area contributed by atoms with Crippen LogP contribution in [0.3, 0.4) is 0 Å². The summed E-state index contributed by atoms with van der Waals surface area (Å²) in [5.74, 6) is -0.884. The van der Waals surface area contributed by atoms with Gasteiger partial charge in [0.2, 0.25) is 0 Å². The average Bonchev–Trinajstić information content (AvgIpc) is 3.63. The number of fused-ring (bicyclic) bond motifs is 3. The Labute approximate surface area is 303 Å². The van der Waals surface area contributed by atoms with Crippen molar-refractivity contribution in [2.24, 2.45) is 5.73 Å². The molecule has 4 heterocycles. The highest BCUT2D eigenvalue weighted by Crippen LogP contribution is 2.35. The molecular formula is C37H24Cl3F3N8. The fourth-order valence-electron chi connectivity index (χ4n) is 5.60. The van der Waals surface area contributed by atoms with Crippen molar-refractivity contribution in [3.63, 3.8) is 0 Å². The number of halogens is 6. The molecule has 0 aliphatic rings. The van der Waals surface area contributed by atoms with Gasteiger partial charge in [0.1, 0.15) is 29.3 Å². The molecule has 4 aromatic heterocycles. The van der Waals surface area contributed by atoms with Crippen LogP contribution in [-0.4, -0.2) is 29.9 Å². The molecule has 0 aliphatic heterocycles. The lowest BCUT2D eigenvalue weighted by Gasteiger charge is -2.14. The number of nitrogens with zero attached hydrogens (tertiary/aromatic N) is 5. The number of aromatic amines is 1. The number of rotatable bonds is 6. The third kappa shape index (κ3) is 7.02. The second-order valence-corrected chi connectivity index (χ2v) is 12.5. The maximum atomic E-state index is 14.0. The van der Waals surface area contributed by atoms with Gasteiger partial charge in [-0.1, -0.05) is 59.1 Å². The first-order valence-corrected chi connectivity index (χ1v) is 16.5. The molecule has 0 aliphatic carbocycles. The number of H-pyrrole nitrogens is 1. The van der Waals surface area contributed by atoms with E-state index in [1.165, 1.54) is 24.5 Å². The molecule has 14 heteroatoms. The molecule has 254 valence electrons. The zero-order valence-electron chi connectivity index (χ0n) is 26.2. The second kappa shape index (κ2) is 14.5. The van der Waals surface area contributed by atoms with Gasteiger partial charge in [-0.25, -0.2) is 38.1 Å². The molecule has 0 unspecified atom stereocenters. The van der Waals surface area contributed by atoms with E-state index in [2.05, 4.69) is 30.2 Å². The van der Waals surface area contributed by atoms with Crippen molar-refractivity contribution in [2.75, 3.05) is 5.32 Å². The highest BCUT2D eigenvalue weighted by atomic mass is 35.5. The quantitative estimate of drug-likeness (QED) is 0.155. The van der Waals surface area contributed by atoms with Crippen LogP contribution in [0, 0.1) is 17.5 Å². The van der Waals surface area contributed by atoms with E-state index in [1.54, 1.807) is 30.6 Å². The molecule has 0 atom stereocenters. The van der Waals surface area contributed by atoms with Crippen molar-refractivity contribution in [2.45, 2.75) is 13.1 Å². The first-order valence-electron chi connectivity index (χ1n) is 15.4. The number of para-hydroxylation sites is 2. The summed E-state index contributed by atoms with van der Waals surface area (Å²) in [5, 5.41) is 6.32. The lowest BCUT2D eigenvalue weighted by Crippen LogP contribution is -2.06. The lowest BCUT2D eigenvalue weighted by molar-refractivity contribution is 0.602. The highest BCUT2D eigenvalue weighted by Gasteiger charge is 2.17. The lowest BCUT2D eigenvalue weighted by atomic mass is 10.0. The van der Waals surface area contributed by atoms with Crippen molar-refractivity contribution in [3.8, 4) is 22.5 Å². The number of nitrogens with two attached hydrogens (primary N) is 1. The SMILES string of the molecule is Fc1ccc(Cl)c(-c2nc3c(Cl)cccc3cc2CNc2ncnc3nc[nH]c23)c1.NCc1cc2cccc(Cl)c2nc1-c1cc(F)ccc1F. The van der Waals surface area contributed by atoms with Crippen molar-refractivity contribution >= 4 is 73.6 Å². The average molecular weight is 744 g/mol. The van der Waals surface area contributed by atoms with E-state index in [-0.39, 0.29) is 12.1 Å². The van der Waals surface area contributed by atoms with Gasteiger partial charge in [0.15, 0.2) is 11.5 Å². The van der Waals surface area contributed by atoms with Crippen LogP contribution < -0.4 is 11.1 Å². The van der Waals surface area contributed by atoms with Crippen molar-refractivity contribution in [1.29, 1.82) is 0 Å². The number of aromatic nitrogens is 6. The van der Waals surface area contributed by atoms with Crippen LogP contribution in [0.25, 0.3) is 55.5 Å².